The van der Waals surface area contributed by atoms with Gasteiger partial charge in [-0.2, -0.15) is 0 Å². The number of alkyl halides is 2. The molecule has 3 unspecified atom stereocenters. The normalized spacial score (nSPS) is 35.3. The Balaban J connectivity index is 1.79. The molecule has 0 aromatic rings. The molecule has 4 heteroatoms. The van der Waals surface area contributed by atoms with Crippen molar-refractivity contribution >= 4 is 0 Å². The lowest BCUT2D eigenvalue weighted by Gasteiger charge is -2.33. The summed E-state index contributed by atoms with van der Waals surface area (Å²) in [7, 11) is 0. The second-order valence-corrected chi connectivity index (χ2v) is 6.52. The summed E-state index contributed by atoms with van der Waals surface area (Å²) in [6.07, 6.45) is 5.22. The van der Waals surface area contributed by atoms with E-state index in [1.165, 1.54) is 12.8 Å². The first kappa shape index (κ1) is 14.2. The summed E-state index contributed by atoms with van der Waals surface area (Å²) in [6, 6.07) is 0.357. The van der Waals surface area contributed by atoms with Crippen molar-refractivity contribution in [1.82, 2.24) is 5.32 Å². The number of nitrogens with one attached hydrogen (secondary N) is 1. The molecule has 3 atom stereocenters. The molecule has 2 nitrogen and oxygen atoms in total. The highest BCUT2D eigenvalue weighted by atomic mass is 19.3. The molecule has 0 radical (unpaired) electrons. The highest BCUT2D eigenvalue weighted by Gasteiger charge is 2.42. The average Bonchev–Trinajstić information content (AvgIpc) is 2.57. The van der Waals surface area contributed by atoms with Crippen molar-refractivity contribution < 1.29 is 13.9 Å². The highest BCUT2D eigenvalue weighted by molar-refractivity contribution is 4.89. The third kappa shape index (κ3) is 4.16. The third-order valence-electron chi connectivity index (χ3n) is 4.33. The fourth-order valence-electron chi connectivity index (χ4n) is 3.55. The van der Waals surface area contributed by atoms with Crippen molar-refractivity contribution in [2.24, 2.45) is 5.92 Å². The van der Waals surface area contributed by atoms with Crippen LogP contribution in [0.15, 0.2) is 0 Å². The number of aliphatic hydroxyl groups is 1. The van der Waals surface area contributed by atoms with E-state index in [1.807, 2.05) is 0 Å². The first-order valence-corrected chi connectivity index (χ1v) is 7.20. The van der Waals surface area contributed by atoms with E-state index < -0.39 is 11.5 Å². The van der Waals surface area contributed by atoms with Gasteiger partial charge < -0.3 is 10.4 Å². The van der Waals surface area contributed by atoms with E-state index in [9.17, 15) is 13.9 Å². The number of hydrogen-bond donors (Lipinski definition) is 2. The number of rotatable bonds is 4. The van der Waals surface area contributed by atoms with Crippen LogP contribution in [0.3, 0.4) is 0 Å². The van der Waals surface area contributed by atoms with E-state index in [0.717, 1.165) is 13.0 Å². The van der Waals surface area contributed by atoms with Crippen LogP contribution in [0, 0.1) is 5.92 Å². The molecule has 0 bridgehead atoms. The zero-order chi connectivity index (χ0) is 13.2. The summed E-state index contributed by atoms with van der Waals surface area (Å²) in [4.78, 5) is 0. The lowest BCUT2D eigenvalue weighted by molar-refractivity contribution is -0.0108. The summed E-state index contributed by atoms with van der Waals surface area (Å²) in [6.45, 7) is 2.82. The van der Waals surface area contributed by atoms with Crippen LogP contribution >= 0.6 is 0 Å². The van der Waals surface area contributed by atoms with Crippen molar-refractivity contribution in [2.75, 3.05) is 6.54 Å². The van der Waals surface area contributed by atoms with Gasteiger partial charge >= 0.3 is 0 Å². The topological polar surface area (TPSA) is 32.3 Å². The molecule has 1 aliphatic carbocycles. The maximum absolute atomic E-state index is 13.1. The van der Waals surface area contributed by atoms with Gasteiger partial charge in [0.05, 0.1) is 5.60 Å². The van der Waals surface area contributed by atoms with Gasteiger partial charge in [-0.25, -0.2) is 8.78 Å². The zero-order valence-corrected chi connectivity index (χ0v) is 11.2. The fourth-order valence-corrected chi connectivity index (χ4v) is 3.55. The Kier molecular flexibility index (Phi) is 4.27. The number of piperidine rings is 1. The van der Waals surface area contributed by atoms with Crippen LogP contribution in [0.5, 0.6) is 0 Å². The number of hydrogen-bond acceptors (Lipinski definition) is 2. The molecule has 0 amide bonds. The molecule has 2 aliphatic rings. The third-order valence-corrected chi connectivity index (χ3v) is 4.33. The predicted molar refractivity (Wildman–Crippen MR) is 67.8 cm³/mol. The molecule has 1 saturated heterocycles. The average molecular weight is 261 g/mol. The van der Waals surface area contributed by atoms with Gasteiger partial charge in [0, 0.05) is 18.9 Å². The van der Waals surface area contributed by atoms with Gasteiger partial charge in [-0.05, 0) is 51.5 Å². The standard InChI is InChI=1S/C14H25F2NO/c1-13(18,10-12-4-2-3-7-17-12)8-11-5-6-14(15,16)9-11/h11-12,17-18H,2-10H2,1H3. The number of halogens is 2. The largest absolute Gasteiger partial charge is 0.390 e. The minimum absolute atomic E-state index is 0.00454. The van der Waals surface area contributed by atoms with Gasteiger partial charge in [-0.3, -0.25) is 0 Å². The monoisotopic (exact) mass is 261 g/mol. The minimum atomic E-state index is -2.50. The Morgan fingerprint density at radius 2 is 2.06 bits per heavy atom. The minimum Gasteiger partial charge on any atom is -0.390 e. The van der Waals surface area contributed by atoms with Gasteiger partial charge in [0.15, 0.2) is 0 Å². The van der Waals surface area contributed by atoms with Crippen LogP contribution in [0.2, 0.25) is 0 Å². The predicted octanol–water partition coefficient (Wildman–Crippen LogP) is 3.10. The summed E-state index contributed by atoms with van der Waals surface area (Å²) in [5, 5.41) is 13.8. The molecular formula is C14H25F2NO. The van der Waals surface area contributed by atoms with Gasteiger partial charge in [0.2, 0.25) is 5.92 Å². The Labute approximate surface area is 108 Å². The highest BCUT2D eigenvalue weighted by Crippen LogP contribution is 2.42. The second-order valence-electron chi connectivity index (χ2n) is 6.52. The van der Waals surface area contributed by atoms with Crippen LogP contribution in [0.25, 0.3) is 0 Å². The summed E-state index contributed by atoms with van der Waals surface area (Å²) in [5.41, 5.74) is -0.805. The molecule has 0 aromatic carbocycles. The van der Waals surface area contributed by atoms with E-state index in [2.05, 4.69) is 5.32 Å². The van der Waals surface area contributed by atoms with E-state index in [0.29, 0.717) is 25.3 Å². The quantitative estimate of drug-likeness (QED) is 0.815. The van der Waals surface area contributed by atoms with E-state index >= 15 is 0 Å². The van der Waals surface area contributed by atoms with Crippen molar-refractivity contribution in [3.63, 3.8) is 0 Å². The van der Waals surface area contributed by atoms with E-state index in [4.69, 9.17) is 0 Å². The molecule has 2 rings (SSSR count). The van der Waals surface area contributed by atoms with Crippen molar-refractivity contribution in [3.05, 3.63) is 0 Å². The molecule has 0 aromatic heterocycles. The first-order valence-electron chi connectivity index (χ1n) is 7.20. The Morgan fingerprint density at radius 1 is 1.28 bits per heavy atom. The van der Waals surface area contributed by atoms with Crippen molar-refractivity contribution in [2.45, 2.75) is 75.9 Å². The van der Waals surface area contributed by atoms with E-state index in [-0.39, 0.29) is 18.8 Å². The molecule has 1 aliphatic heterocycles. The van der Waals surface area contributed by atoms with Gasteiger partial charge in [0.25, 0.3) is 0 Å². The zero-order valence-electron chi connectivity index (χ0n) is 11.2. The second kappa shape index (κ2) is 5.41. The molecule has 2 N–H and O–H groups in total. The lowest BCUT2D eigenvalue weighted by Crippen LogP contribution is -2.41. The van der Waals surface area contributed by atoms with E-state index in [1.54, 1.807) is 6.92 Å². The molecular weight excluding hydrogens is 236 g/mol. The van der Waals surface area contributed by atoms with Crippen LogP contribution in [-0.4, -0.2) is 29.2 Å². The molecule has 106 valence electrons. The molecule has 0 spiro atoms. The smallest absolute Gasteiger partial charge is 0.248 e. The molecule has 2 fully saturated rings. The van der Waals surface area contributed by atoms with Crippen LogP contribution in [0.4, 0.5) is 8.78 Å². The first-order chi connectivity index (χ1) is 8.36. The molecule has 1 heterocycles. The summed E-state index contributed by atoms with van der Waals surface area (Å²) >= 11 is 0. The van der Waals surface area contributed by atoms with Gasteiger partial charge in [0.1, 0.15) is 0 Å². The summed E-state index contributed by atoms with van der Waals surface area (Å²) in [5.74, 6) is -2.51. The SMILES string of the molecule is CC(O)(CC1CCC(F)(F)C1)CC1CCCCN1. The van der Waals surface area contributed by atoms with Gasteiger partial charge in [-0.15, -0.1) is 0 Å². The Bertz CT molecular complexity index is 275. The molecule has 1 saturated carbocycles. The molecule has 18 heavy (non-hydrogen) atoms. The van der Waals surface area contributed by atoms with Crippen LogP contribution in [-0.2, 0) is 0 Å². The van der Waals surface area contributed by atoms with Crippen LogP contribution in [0.1, 0.15) is 58.3 Å². The summed E-state index contributed by atoms with van der Waals surface area (Å²) < 4.78 is 26.3. The maximum Gasteiger partial charge on any atom is 0.248 e. The van der Waals surface area contributed by atoms with Crippen LogP contribution < -0.4 is 5.32 Å². The Hall–Kier alpha value is -0.220. The maximum atomic E-state index is 13.1. The van der Waals surface area contributed by atoms with Gasteiger partial charge in [-0.1, -0.05) is 6.42 Å². The van der Waals surface area contributed by atoms with Crippen molar-refractivity contribution in [1.29, 1.82) is 0 Å². The Morgan fingerprint density at radius 3 is 2.61 bits per heavy atom. The van der Waals surface area contributed by atoms with Crippen molar-refractivity contribution in [3.8, 4) is 0 Å². The lowest BCUT2D eigenvalue weighted by atomic mass is 9.84. The fraction of sp³-hybridized carbons (Fsp3) is 1.00.